The predicted octanol–water partition coefficient (Wildman–Crippen LogP) is 5.47. The fraction of sp³-hybridized carbons (Fsp3) is 0.581. The Morgan fingerprint density at radius 2 is 1.57 bits per heavy atom. The molecule has 2 aromatic rings. The predicted molar refractivity (Wildman–Crippen MR) is 162 cm³/mol. The first-order valence-electron chi connectivity index (χ1n) is 14.6. The van der Waals surface area contributed by atoms with E-state index in [-0.39, 0.29) is 31.2 Å². The summed E-state index contributed by atoms with van der Waals surface area (Å²) < 4.78 is 39.8. The number of nitrogens with zero attached hydrogens (tertiary/aromatic N) is 2. The van der Waals surface area contributed by atoms with E-state index in [2.05, 4.69) is 50.0 Å². The zero-order valence-electron chi connectivity index (χ0n) is 24.5. The molecule has 1 saturated carbocycles. The summed E-state index contributed by atoms with van der Waals surface area (Å²) in [5, 5.41) is 0. The van der Waals surface area contributed by atoms with Crippen LogP contribution in [0.1, 0.15) is 49.1 Å². The van der Waals surface area contributed by atoms with Gasteiger partial charge in [0.15, 0.2) is 0 Å². The number of hydrogen-bond acceptors (Lipinski definition) is 5. The average Bonchev–Trinajstić information content (AvgIpc) is 3.21. The van der Waals surface area contributed by atoms with Crippen molar-refractivity contribution in [3.8, 4) is 0 Å². The lowest BCUT2D eigenvalue weighted by molar-refractivity contribution is -0.130. The SMILES string of the molecule is C[Si](C)(C)CCOCN([C@@H]1CC(=O)N(Cc2ccccc2)[C@@H]1COC1CCC(c2ccccc2)CC1)S(C)(=O)=O. The van der Waals surface area contributed by atoms with E-state index >= 15 is 0 Å². The molecule has 1 aliphatic carbocycles. The number of ether oxygens (including phenoxy) is 2. The molecule has 2 atom stereocenters. The minimum atomic E-state index is -3.61. The number of sulfonamides is 1. The van der Waals surface area contributed by atoms with Gasteiger partial charge in [-0.05, 0) is 48.8 Å². The van der Waals surface area contributed by atoms with Crippen molar-refractivity contribution in [2.75, 3.05) is 26.2 Å². The smallest absolute Gasteiger partial charge is 0.224 e. The van der Waals surface area contributed by atoms with Gasteiger partial charge in [-0.3, -0.25) is 4.79 Å². The van der Waals surface area contributed by atoms with Crippen LogP contribution in [0.25, 0.3) is 0 Å². The summed E-state index contributed by atoms with van der Waals surface area (Å²) >= 11 is 0. The highest BCUT2D eigenvalue weighted by Crippen LogP contribution is 2.35. The second-order valence-corrected chi connectivity index (χ2v) is 20.1. The molecule has 9 heteroatoms. The van der Waals surface area contributed by atoms with Crippen LogP contribution in [0.5, 0.6) is 0 Å². The second-order valence-electron chi connectivity index (χ2n) is 12.6. The molecule has 2 aliphatic rings. The van der Waals surface area contributed by atoms with Crippen molar-refractivity contribution in [1.29, 1.82) is 0 Å². The van der Waals surface area contributed by atoms with Crippen LogP contribution in [0.4, 0.5) is 0 Å². The average molecular weight is 587 g/mol. The maximum atomic E-state index is 13.4. The van der Waals surface area contributed by atoms with Crippen LogP contribution < -0.4 is 0 Å². The molecule has 0 aromatic heterocycles. The van der Waals surface area contributed by atoms with Crippen LogP contribution in [0, 0.1) is 0 Å². The van der Waals surface area contributed by atoms with E-state index in [4.69, 9.17) is 9.47 Å². The summed E-state index contributed by atoms with van der Waals surface area (Å²) in [6, 6.07) is 20.6. The summed E-state index contributed by atoms with van der Waals surface area (Å²) in [7, 11) is -4.93. The van der Waals surface area contributed by atoms with Crippen LogP contribution in [0.2, 0.25) is 25.7 Å². The van der Waals surface area contributed by atoms with Crippen molar-refractivity contribution in [2.24, 2.45) is 0 Å². The summed E-state index contributed by atoms with van der Waals surface area (Å²) in [6.45, 7) is 8.01. The molecule has 7 nitrogen and oxygen atoms in total. The highest BCUT2D eigenvalue weighted by Gasteiger charge is 2.46. The molecular weight excluding hydrogens is 541 g/mol. The van der Waals surface area contributed by atoms with E-state index in [9.17, 15) is 13.2 Å². The van der Waals surface area contributed by atoms with Gasteiger partial charge in [0.1, 0.15) is 6.73 Å². The van der Waals surface area contributed by atoms with E-state index in [0.29, 0.717) is 25.7 Å². The van der Waals surface area contributed by atoms with E-state index in [1.54, 1.807) is 0 Å². The highest BCUT2D eigenvalue weighted by molar-refractivity contribution is 7.88. The van der Waals surface area contributed by atoms with Gasteiger partial charge in [0.05, 0.1) is 31.1 Å². The van der Waals surface area contributed by atoms with E-state index < -0.39 is 24.1 Å². The van der Waals surface area contributed by atoms with Gasteiger partial charge in [0.25, 0.3) is 0 Å². The normalized spacial score (nSPS) is 24.1. The quantitative estimate of drug-likeness (QED) is 0.177. The van der Waals surface area contributed by atoms with Crippen molar-refractivity contribution in [3.63, 3.8) is 0 Å². The van der Waals surface area contributed by atoms with Gasteiger partial charge in [0.2, 0.25) is 15.9 Å². The lowest BCUT2D eigenvalue weighted by Crippen LogP contribution is -2.50. The molecule has 2 fully saturated rings. The van der Waals surface area contributed by atoms with Crippen LogP contribution in [0.15, 0.2) is 60.7 Å². The molecule has 40 heavy (non-hydrogen) atoms. The molecule has 0 spiro atoms. The number of carbonyl (C=O) groups excluding carboxylic acids is 1. The Balaban J connectivity index is 1.46. The van der Waals surface area contributed by atoms with Gasteiger partial charge < -0.3 is 14.4 Å². The largest absolute Gasteiger partial charge is 0.376 e. The Bertz CT molecular complexity index is 1180. The molecule has 2 aromatic carbocycles. The monoisotopic (exact) mass is 586 g/mol. The molecule has 1 aliphatic heterocycles. The number of benzene rings is 2. The van der Waals surface area contributed by atoms with E-state index in [0.717, 1.165) is 37.3 Å². The first-order chi connectivity index (χ1) is 19.0. The van der Waals surface area contributed by atoms with Crippen LogP contribution in [0.3, 0.4) is 0 Å². The molecule has 0 N–H and O–H groups in total. The zero-order valence-corrected chi connectivity index (χ0v) is 26.3. The molecule has 0 unspecified atom stereocenters. The second kappa shape index (κ2) is 13.7. The summed E-state index contributed by atoms with van der Waals surface area (Å²) in [5.41, 5.74) is 2.40. The topological polar surface area (TPSA) is 76.2 Å². The molecule has 1 saturated heterocycles. The van der Waals surface area contributed by atoms with Crippen LogP contribution in [-0.2, 0) is 30.8 Å². The molecular formula is C31H46N2O5SSi. The Labute approximate surface area is 241 Å². The fourth-order valence-corrected chi connectivity index (χ4v) is 7.53. The maximum absolute atomic E-state index is 13.4. The van der Waals surface area contributed by atoms with Crippen molar-refractivity contribution in [1.82, 2.24) is 9.21 Å². The molecule has 0 bridgehead atoms. The Morgan fingerprint density at radius 1 is 0.950 bits per heavy atom. The third-order valence-corrected chi connectivity index (χ3v) is 11.1. The van der Waals surface area contributed by atoms with Gasteiger partial charge >= 0.3 is 0 Å². The molecule has 220 valence electrons. The van der Waals surface area contributed by atoms with Crippen LogP contribution in [-0.4, -0.2) is 76.0 Å². The zero-order chi connectivity index (χ0) is 28.8. The number of hydrogen-bond donors (Lipinski definition) is 0. The van der Waals surface area contributed by atoms with Gasteiger partial charge in [0, 0.05) is 27.6 Å². The third-order valence-electron chi connectivity index (χ3n) is 8.20. The molecule has 4 rings (SSSR count). The van der Waals surface area contributed by atoms with Gasteiger partial charge in [-0.25, -0.2) is 8.42 Å². The van der Waals surface area contributed by atoms with Crippen molar-refractivity contribution in [3.05, 3.63) is 71.8 Å². The molecule has 1 heterocycles. The minimum Gasteiger partial charge on any atom is -0.376 e. The van der Waals surface area contributed by atoms with Gasteiger partial charge in [-0.15, -0.1) is 0 Å². The van der Waals surface area contributed by atoms with Crippen molar-refractivity contribution < 1.29 is 22.7 Å². The minimum absolute atomic E-state index is 0.0425. The fourth-order valence-electron chi connectivity index (χ4n) is 5.80. The van der Waals surface area contributed by atoms with Crippen molar-refractivity contribution in [2.45, 2.75) is 88.4 Å². The number of amides is 1. The van der Waals surface area contributed by atoms with E-state index in [1.807, 2.05) is 35.2 Å². The Morgan fingerprint density at radius 3 is 2.17 bits per heavy atom. The summed E-state index contributed by atoms with van der Waals surface area (Å²) in [5.74, 6) is 0.497. The first kappa shape index (κ1) is 30.9. The Hall–Kier alpha value is -2.04. The highest BCUT2D eigenvalue weighted by atomic mass is 32.2. The summed E-state index contributed by atoms with van der Waals surface area (Å²) in [4.78, 5) is 15.2. The van der Waals surface area contributed by atoms with Crippen molar-refractivity contribution >= 4 is 24.0 Å². The number of carbonyl (C=O) groups is 1. The van der Waals surface area contributed by atoms with Gasteiger partial charge in [-0.1, -0.05) is 80.3 Å². The Kier molecular flexibility index (Phi) is 10.6. The molecule has 1 amide bonds. The van der Waals surface area contributed by atoms with E-state index in [1.165, 1.54) is 16.1 Å². The number of rotatable bonds is 13. The first-order valence-corrected chi connectivity index (χ1v) is 20.1. The third kappa shape index (κ3) is 8.73. The lowest BCUT2D eigenvalue weighted by atomic mass is 9.83. The van der Waals surface area contributed by atoms with Crippen LogP contribution >= 0.6 is 0 Å². The maximum Gasteiger partial charge on any atom is 0.224 e. The standard InChI is InChI=1S/C31H46N2O5SSi/c1-39(35,36)33(24-37-19-20-40(2,3)4)29-21-31(34)32(22-25-11-7-5-8-12-25)30(29)23-38-28-17-15-27(16-18-28)26-13-9-6-10-14-26/h5-14,27-30H,15-24H2,1-4H3/t27?,28?,29-,30-/m1/s1. The molecule has 0 radical (unpaired) electrons. The lowest BCUT2D eigenvalue weighted by Gasteiger charge is -2.35. The van der Waals surface area contributed by atoms with Gasteiger partial charge in [-0.2, -0.15) is 4.31 Å². The summed E-state index contributed by atoms with van der Waals surface area (Å²) in [6.07, 6.45) is 5.49. The number of likely N-dealkylation sites (tertiary alicyclic amines) is 1.